The predicted molar refractivity (Wildman–Crippen MR) is 107 cm³/mol. The molecule has 8 nitrogen and oxygen atoms in total. The van der Waals surface area contributed by atoms with Crippen molar-refractivity contribution >= 4 is 17.7 Å². The van der Waals surface area contributed by atoms with Crippen LogP contribution in [0.15, 0.2) is 18.2 Å². The molecule has 3 rings (SSSR count). The molecule has 2 N–H and O–H groups in total. The molecule has 1 fully saturated rings. The molecule has 3 amide bonds. The van der Waals surface area contributed by atoms with Crippen molar-refractivity contribution in [3.8, 4) is 5.75 Å². The van der Waals surface area contributed by atoms with Gasteiger partial charge in [-0.2, -0.15) is 0 Å². The predicted octanol–water partition coefficient (Wildman–Crippen LogP) is 1.24. The Morgan fingerprint density at radius 1 is 1.23 bits per heavy atom. The van der Waals surface area contributed by atoms with Crippen LogP contribution in [0.2, 0.25) is 0 Å². The minimum Gasteiger partial charge on any atom is -0.491 e. The van der Waals surface area contributed by atoms with Crippen LogP contribution in [-0.2, 0) is 14.3 Å². The average Bonchev–Trinajstić information content (AvgIpc) is 3.10. The number of amides is 3. The number of hydrogen-bond acceptors (Lipinski definition) is 5. The van der Waals surface area contributed by atoms with Gasteiger partial charge < -0.3 is 25.0 Å². The number of nitrogens with zero attached hydrogens (tertiary/aromatic N) is 1. The van der Waals surface area contributed by atoms with E-state index in [4.69, 9.17) is 9.47 Å². The summed E-state index contributed by atoms with van der Waals surface area (Å²) in [6, 6.07) is 3.13. The van der Waals surface area contributed by atoms with Crippen LogP contribution in [0, 0.1) is 5.82 Å². The summed E-state index contributed by atoms with van der Waals surface area (Å²) in [4.78, 5) is 40.0. The van der Waals surface area contributed by atoms with E-state index in [1.54, 1.807) is 18.7 Å². The Bertz CT molecular complexity index is 829. The highest BCUT2D eigenvalue weighted by molar-refractivity contribution is 5.97. The van der Waals surface area contributed by atoms with Gasteiger partial charge in [-0.05, 0) is 44.9 Å². The normalized spacial score (nSPS) is 23.0. The van der Waals surface area contributed by atoms with E-state index in [9.17, 15) is 18.8 Å². The second-order valence-electron chi connectivity index (χ2n) is 8.06. The molecule has 1 aromatic carbocycles. The molecule has 164 valence electrons. The van der Waals surface area contributed by atoms with E-state index in [2.05, 4.69) is 10.6 Å². The van der Waals surface area contributed by atoms with Crippen LogP contribution in [0.1, 0.15) is 43.5 Å². The molecule has 0 spiro atoms. The van der Waals surface area contributed by atoms with Gasteiger partial charge in [0.2, 0.25) is 5.91 Å². The molecule has 0 unspecified atom stereocenters. The van der Waals surface area contributed by atoms with E-state index in [0.717, 1.165) is 6.07 Å². The van der Waals surface area contributed by atoms with Gasteiger partial charge in [-0.15, -0.1) is 0 Å². The van der Waals surface area contributed by atoms with Gasteiger partial charge in [-0.1, -0.05) is 0 Å². The monoisotopic (exact) mass is 421 g/mol. The molecular formula is C21H28FN3O5. The van der Waals surface area contributed by atoms with Crippen LogP contribution >= 0.6 is 0 Å². The number of ether oxygens (including phenoxy) is 2. The highest BCUT2D eigenvalue weighted by Crippen LogP contribution is 2.30. The number of carbonyl (C=O) groups excluding carboxylic acids is 3. The Labute approximate surface area is 175 Å². The van der Waals surface area contributed by atoms with Crippen molar-refractivity contribution in [2.75, 3.05) is 26.8 Å². The first-order valence-electron chi connectivity index (χ1n) is 10.1. The number of halogens is 1. The van der Waals surface area contributed by atoms with Gasteiger partial charge in [0.1, 0.15) is 23.8 Å². The van der Waals surface area contributed by atoms with Crippen molar-refractivity contribution < 1.29 is 28.2 Å². The van der Waals surface area contributed by atoms with Crippen molar-refractivity contribution in [1.29, 1.82) is 0 Å². The first-order chi connectivity index (χ1) is 14.2. The van der Waals surface area contributed by atoms with Gasteiger partial charge in [0.15, 0.2) is 0 Å². The third-order valence-corrected chi connectivity index (χ3v) is 5.67. The third-order valence-electron chi connectivity index (χ3n) is 5.67. The van der Waals surface area contributed by atoms with Gasteiger partial charge >= 0.3 is 0 Å². The molecule has 0 aliphatic carbocycles. The molecule has 30 heavy (non-hydrogen) atoms. The summed E-state index contributed by atoms with van der Waals surface area (Å²) in [5.74, 6) is -1.22. The third kappa shape index (κ3) is 4.72. The lowest BCUT2D eigenvalue weighted by molar-refractivity contribution is -0.154. The molecule has 0 saturated carbocycles. The van der Waals surface area contributed by atoms with Crippen LogP contribution in [-0.4, -0.2) is 67.1 Å². The number of rotatable bonds is 2. The first kappa shape index (κ1) is 22.0. The largest absolute Gasteiger partial charge is 0.491 e. The second kappa shape index (κ2) is 8.99. The first-order valence-corrected chi connectivity index (χ1v) is 10.1. The Morgan fingerprint density at radius 2 is 1.97 bits per heavy atom. The smallest absolute Gasteiger partial charge is 0.255 e. The standard InChI is InChI=1S/C21H28FN3O5/c1-21(2,29-3)20(28)25-14-5-6-15(25)12-24-19(27)16-10-13(22)4-7-17(16)30-9-8-23-18(26)11-14/h4,7,10,14-15H,5-6,8-9,11-12H2,1-3H3,(H,23,26)(H,24,27)/t14-,15+/m0/s1. The summed E-state index contributed by atoms with van der Waals surface area (Å²) in [5.41, 5.74) is -0.987. The Hall–Kier alpha value is -2.68. The molecule has 0 aromatic heterocycles. The molecule has 1 saturated heterocycles. The summed E-state index contributed by atoms with van der Waals surface area (Å²) >= 11 is 0. The minimum atomic E-state index is -1.06. The molecule has 2 atom stereocenters. The van der Waals surface area contributed by atoms with E-state index < -0.39 is 17.3 Å². The van der Waals surface area contributed by atoms with Crippen LogP contribution in [0.25, 0.3) is 0 Å². The van der Waals surface area contributed by atoms with E-state index in [1.165, 1.54) is 19.2 Å². The quantitative estimate of drug-likeness (QED) is 0.749. The summed E-state index contributed by atoms with van der Waals surface area (Å²) in [7, 11) is 1.46. The lowest BCUT2D eigenvalue weighted by Gasteiger charge is -2.36. The Morgan fingerprint density at radius 3 is 2.70 bits per heavy atom. The molecule has 0 radical (unpaired) electrons. The molecule has 2 bridgehead atoms. The number of methoxy groups -OCH3 is 1. The molecule has 1 aromatic rings. The van der Waals surface area contributed by atoms with Crippen molar-refractivity contribution in [2.24, 2.45) is 0 Å². The molecule has 2 aliphatic heterocycles. The van der Waals surface area contributed by atoms with E-state index in [1.807, 2.05) is 0 Å². The lowest BCUT2D eigenvalue weighted by atomic mass is 10.0. The van der Waals surface area contributed by atoms with Crippen molar-refractivity contribution in [2.45, 2.75) is 50.8 Å². The van der Waals surface area contributed by atoms with E-state index in [0.29, 0.717) is 12.8 Å². The van der Waals surface area contributed by atoms with Crippen LogP contribution in [0.4, 0.5) is 4.39 Å². The van der Waals surface area contributed by atoms with Gasteiger partial charge in [0, 0.05) is 32.2 Å². The maximum atomic E-state index is 13.7. The number of benzene rings is 1. The zero-order valence-corrected chi connectivity index (χ0v) is 17.5. The van der Waals surface area contributed by atoms with E-state index in [-0.39, 0.29) is 61.3 Å². The van der Waals surface area contributed by atoms with Gasteiger partial charge in [-0.25, -0.2) is 4.39 Å². The summed E-state index contributed by atoms with van der Waals surface area (Å²) in [6.07, 6.45) is 1.44. The molecule has 9 heteroatoms. The van der Waals surface area contributed by atoms with Crippen LogP contribution < -0.4 is 15.4 Å². The molecule has 2 heterocycles. The number of hydrogen-bond donors (Lipinski definition) is 2. The minimum absolute atomic E-state index is 0.0723. The Kier molecular flexibility index (Phi) is 6.60. The van der Waals surface area contributed by atoms with Gasteiger partial charge in [-0.3, -0.25) is 14.4 Å². The zero-order chi connectivity index (χ0) is 21.9. The SMILES string of the molecule is COC(C)(C)C(=O)N1[C@@H]2CC[C@H]1CC(=O)NCCOc1ccc(F)cc1C(=O)NC2. The fourth-order valence-corrected chi connectivity index (χ4v) is 3.84. The van der Waals surface area contributed by atoms with Gasteiger partial charge in [0.05, 0.1) is 12.1 Å². The maximum Gasteiger partial charge on any atom is 0.255 e. The summed E-state index contributed by atoms with van der Waals surface area (Å²) < 4.78 is 24.7. The summed E-state index contributed by atoms with van der Waals surface area (Å²) in [5, 5.41) is 5.57. The van der Waals surface area contributed by atoms with Crippen LogP contribution in [0.3, 0.4) is 0 Å². The van der Waals surface area contributed by atoms with E-state index >= 15 is 0 Å². The van der Waals surface area contributed by atoms with Crippen molar-refractivity contribution in [1.82, 2.24) is 15.5 Å². The van der Waals surface area contributed by atoms with Gasteiger partial charge in [0.25, 0.3) is 11.8 Å². The molecular weight excluding hydrogens is 393 g/mol. The lowest BCUT2D eigenvalue weighted by Crippen LogP contribution is -2.54. The highest BCUT2D eigenvalue weighted by Gasteiger charge is 2.43. The molecule has 2 aliphatic rings. The Balaban J connectivity index is 1.89. The maximum absolute atomic E-state index is 13.7. The second-order valence-corrected chi connectivity index (χ2v) is 8.06. The fourth-order valence-electron chi connectivity index (χ4n) is 3.84. The highest BCUT2D eigenvalue weighted by atomic mass is 19.1. The van der Waals surface area contributed by atoms with Crippen molar-refractivity contribution in [3.63, 3.8) is 0 Å². The van der Waals surface area contributed by atoms with Crippen molar-refractivity contribution in [3.05, 3.63) is 29.6 Å². The topological polar surface area (TPSA) is 97.0 Å². The number of fused-ring (bicyclic) bond motifs is 3. The summed E-state index contributed by atoms with van der Waals surface area (Å²) in [6.45, 7) is 3.89. The van der Waals surface area contributed by atoms with Crippen LogP contribution in [0.5, 0.6) is 5.75 Å². The fraction of sp³-hybridized carbons (Fsp3) is 0.571. The average molecular weight is 421 g/mol. The number of carbonyl (C=O) groups is 3. The number of nitrogens with one attached hydrogen (secondary N) is 2. The zero-order valence-electron chi connectivity index (χ0n) is 17.5.